The fourth-order valence-electron chi connectivity index (χ4n) is 1.26. The molecule has 0 N–H and O–H groups in total. The van der Waals surface area contributed by atoms with Gasteiger partial charge in [0.25, 0.3) is 0 Å². The minimum Gasteiger partial charge on any atom is -0.496 e. The summed E-state index contributed by atoms with van der Waals surface area (Å²) in [7, 11) is 1.63. The third kappa shape index (κ3) is 3.20. The summed E-state index contributed by atoms with van der Waals surface area (Å²) < 4.78 is 5.18. The first kappa shape index (κ1) is 11.4. The summed E-state index contributed by atoms with van der Waals surface area (Å²) in [4.78, 5) is 10.4. The topological polar surface area (TPSA) is 38.7 Å². The number of methoxy groups -OCH3 is 1. The highest BCUT2D eigenvalue weighted by Crippen LogP contribution is 2.19. The number of ether oxygens (including phenoxy) is 1. The molecule has 0 aliphatic carbocycles. The van der Waals surface area contributed by atoms with Gasteiger partial charge in [-0.1, -0.05) is 42.5 Å². The van der Waals surface area contributed by atoms with E-state index in [9.17, 15) is 4.91 Å². The van der Waals surface area contributed by atoms with Crippen molar-refractivity contribution in [2.24, 2.45) is 5.18 Å². The lowest BCUT2D eigenvalue weighted by molar-refractivity contribution is 0.414. The van der Waals surface area contributed by atoms with E-state index in [-0.39, 0.29) is 6.04 Å². The molecule has 0 spiro atoms. The van der Waals surface area contributed by atoms with Gasteiger partial charge < -0.3 is 4.74 Å². The smallest absolute Gasteiger partial charge is 0.126 e. The van der Waals surface area contributed by atoms with Gasteiger partial charge in [0, 0.05) is 5.56 Å². The highest BCUT2D eigenvalue weighted by Gasteiger charge is 2.01. The molecule has 1 aromatic carbocycles. The van der Waals surface area contributed by atoms with Gasteiger partial charge >= 0.3 is 0 Å². The van der Waals surface area contributed by atoms with Crippen molar-refractivity contribution < 1.29 is 4.74 Å². The number of benzene rings is 1. The summed E-state index contributed by atoms with van der Waals surface area (Å²) in [6, 6.07) is 7.40. The van der Waals surface area contributed by atoms with Crippen LogP contribution in [0.5, 0.6) is 5.75 Å². The molecule has 0 amide bonds. The van der Waals surface area contributed by atoms with Crippen molar-refractivity contribution >= 4 is 6.08 Å². The Hall–Kier alpha value is -1.64. The monoisotopic (exact) mass is 205 g/mol. The zero-order valence-electron chi connectivity index (χ0n) is 9.01. The van der Waals surface area contributed by atoms with E-state index >= 15 is 0 Å². The molecule has 0 saturated heterocycles. The summed E-state index contributed by atoms with van der Waals surface area (Å²) >= 11 is 0. The molecule has 1 aromatic rings. The van der Waals surface area contributed by atoms with Crippen LogP contribution in [0, 0.1) is 4.91 Å². The molecule has 0 aliphatic heterocycles. The van der Waals surface area contributed by atoms with E-state index in [1.165, 1.54) is 0 Å². The maximum absolute atomic E-state index is 10.4. The Morgan fingerprint density at radius 3 is 2.80 bits per heavy atom. The second-order valence-corrected chi connectivity index (χ2v) is 3.18. The number of nitrogens with zero attached hydrogens (tertiary/aromatic N) is 1. The van der Waals surface area contributed by atoms with Crippen LogP contribution in [0.3, 0.4) is 0 Å². The minimum absolute atomic E-state index is 0.255. The SMILES string of the molecule is CCC(C=Cc1ccccc1OC)N=O. The van der Waals surface area contributed by atoms with E-state index in [4.69, 9.17) is 4.74 Å². The van der Waals surface area contributed by atoms with Gasteiger partial charge in [0.2, 0.25) is 0 Å². The Bertz CT molecular complexity index is 347. The molecule has 80 valence electrons. The quantitative estimate of drug-likeness (QED) is 0.692. The van der Waals surface area contributed by atoms with Crippen LogP contribution in [-0.2, 0) is 0 Å². The van der Waals surface area contributed by atoms with E-state index in [0.717, 1.165) is 17.7 Å². The average Bonchev–Trinajstić information content (AvgIpc) is 2.31. The van der Waals surface area contributed by atoms with Gasteiger partial charge in [-0.2, -0.15) is 4.91 Å². The molecule has 3 heteroatoms. The zero-order valence-corrected chi connectivity index (χ0v) is 9.01. The zero-order chi connectivity index (χ0) is 11.1. The maximum Gasteiger partial charge on any atom is 0.126 e. The molecule has 0 aromatic heterocycles. The molecule has 0 fully saturated rings. The fraction of sp³-hybridized carbons (Fsp3) is 0.333. The molecule has 0 bridgehead atoms. The van der Waals surface area contributed by atoms with Gasteiger partial charge in [0.1, 0.15) is 11.8 Å². The molecule has 0 saturated carbocycles. The van der Waals surface area contributed by atoms with Crippen molar-refractivity contribution in [2.75, 3.05) is 7.11 Å². The molecule has 1 rings (SSSR count). The van der Waals surface area contributed by atoms with Crippen molar-refractivity contribution in [3.05, 3.63) is 40.8 Å². The number of hydrogen-bond donors (Lipinski definition) is 0. The van der Waals surface area contributed by atoms with Crippen molar-refractivity contribution in [3.8, 4) is 5.75 Å². The highest BCUT2D eigenvalue weighted by molar-refractivity contribution is 5.57. The van der Waals surface area contributed by atoms with Crippen molar-refractivity contribution in [2.45, 2.75) is 19.4 Å². The Labute approximate surface area is 89.7 Å². The lowest BCUT2D eigenvalue weighted by Crippen LogP contribution is -1.95. The Morgan fingerprint density at radius 2 is 2.20 bits per heavy atom. The summed E-state index contributed by atoms with van der Waals surface area (Å²) in [5.74, 6) is 0.800. The van der Waals surface area contributed by atoms with E-state index in [1.807, 2.05) is 37.3 Å². The Kier molecular flexibility index (Phi) is 4.54. The predicted octanol–water partition coefficient (Wildman–Crippen LogP) is 3.25. The number of nitroso groups, excluding NO2 is 1. The lowest BCUT2D eigenvalue weighted by atomic mass is 10.1. The molecule has 1 unspecified atom stereocenters. The molecular formula is C12H15NO2. The minimum atomic E-state index is -0.255. The van der Waals surface area contributed by atoms with Crippen LogP contribution in [0.4, 0.5) is 0 Å². The predicted molar refractivity (Wildman–Crippen MR) is 61.9 cm³/mol. The normalized spacial score (nSPS) is 12.7. The van der Waals surface area contributed by atoms with Crippen LogP contribution in [0.25, 0.3) is 6.08 Å². The van der Waals surface area contributed by atoms with E-state index in [1.54, 1.807) is 13.2 Å². The summed E-state index contributed by atoms with van der Waals surface area (Å²) in [6.07, 6.45) is 4.38. The number of para-hydroxylation sites is 1. The molecule has 3 nitrogen and oxygen atoms in total. The van der Waals surface area contributed by atoms with Crippen LogP contribution < -0.4 is 4.74 Å². The van der Waals surface area contributed by atoms with Crippen LogP contribution in [0.1, 0.15) is 18.9 Å². The first-order valence-corrected chi connectivity index (χ1v) is 4.95. The van der Waals surface area contributed by atoms with Crippen molar-refractivity contribution in [1.29, 1.82) is 0 Å². The van der Waals surface area contributed by atoms with E-state index in [2.05, 4.69) is 5.18 Å². The molecule has 1 atom stereocenters. The van der Waals surface area contributed by atoms with Crippen molar-refractivity contribution in [3.63, 3.8) is 0 Å². The largest absolute Gasteiger partial charge is 0.496 e. The molecule has 0 aliphatic rings. The van der Waals surface area contributed by atoms with Crippen molar-refractivity contribution in [1.82, 2.24) is 0 Å². The van der Waals surface area contributed by atoms with Crippen LogP contribution in [0.2, 0.25) is 0 Å². The first-order valence-electron chi connectivity index (χ1n) is 4.95. The lowest BCUT2D eigenvalue weighted by Gasteiger charge is -2.04. The van der Waals surface area contributed by atoms with Gasteiger partial charge in [-0.3, -0.25) is 0 Å². The highest BCUT2D eigenvalue weighted by atomic mass is 16.5. The van der Waals surface area contributed by atoms with E-state index in [0.29, 0.717) is 0 Å². The second-order valence-electron chi connectivity index (χ2n) is 3.18. The van der Waals surface area contributed by atoms with E-state index < -0.39 is 0 Å². The molecular weight excluding hydrogens is 190 g/mol. The third-order valence-electron chi connectivity index (χ3n) is 2.19. The standard InChI is InChI=1S/C12H15NO2/c1-3-11(13-14)9-8-10-6-4-5-7-12(10)15-2/h4-9,11H,3H2,1-2H3. The Balaban J connectivity index is 2.83. The second kappa shape index (κ2) is 5.96. The van der Waals surface area contributed by atoms with Crippen LogP contribution >= 0.6 is 0 Å². The maximum atomic E-state index is 10.4. The number of rotatable bonds is 5. The average molecular weight is 205 g/mol. The Morgan fingerprint density at radius 1 is 1.47 bits per heavy atom. The summed E-state index contributed by atoms with van der Waals surface area (Å²) in [6.45, 7) is 1.93. The molecule has 0 heterocycles. The third-order valence-corrected chi connectivity index (χ3v) is 2.19. The molecule has 15 heavy (non-hydrogen) atoms. The van der Waals surface area contributed by atoms with Gasteiger partial charge in [0.05, 0.1) is 7.11 Å². The first-order chi connectivity index (χ1) is 7.31. The fourth-order valence-corrected chi connectivity index (χ4v) is 1.26. The van der Waals surface area contributed by atoms with Gasteiger partial charge in [-0.05, 0) is 12.5 Å². The molecule has 0 radical (unpaired) electrons. The van der Waals surface area contributed by atoms with Gasteiger partial charge in [0.15, 0.2) is 0 Å². The van der Waals surface area contributed by atoms with Crippen LogP contribution in [0.15, 0.2) is 35.5 Å². The summed E-state index contributed by atoms with van der Waals surface area (Å²) in [5.41, 5.74) is 0.960. The van der Waals surface area contributed by atoms with Gasteiger partial charge in [-0.25, -0.2) is 0 Å². The van der Waals surface area contributed by atoms with Gasteiger partial charge in [-0.15, -0.1) is 0 Å². The van der Waals surface area contributed by atoms with Crippen LogP contribution in [-0.4, -0.2) is 13.2 Å². The summed E-state index contributed by atoms with van der Waals surface area (Å²) in [5, 5.41) is 3.00. The number of hydrogen-bond acceptors (Lipinski definition) is 3.